The van der Waals surface area contributed by atoms with Gasteiger partial charge in [0.15, 0.2) is 0 Å². The number of carbonyl (C=O) groups excluding carboxylic acids is 2. The predicted molar refractivity (Wildman–Crippen MR) is 115 cm³/mol. The molecule has 176 valence electrons. The second kappa shape index (κ2) is 16.3. The molecule has 1 amide bonds. The Bertz CT molecular complexity index is 465. The Morgan fingerprint density at radius 1 is 0.933 bits per heavy atom. The van der Waals surface area contributed by atoms with Crippen LogP contribution in [-0.2, 0) is 14.3 Å². The first-order valence-electron chi connectivity index (χ1n) is 11.5. The summed E-state index contributed by atoms with van der Waals surface area (Å²) in [7, 11) is 0. The fourth-order valence-electron chi connectivity index (χ4n) is 3.53. The quantitative estimate of drug-likeness (QED) is 0.255. The van der Waals surface area contributed by atoms with Gasteiger partial charge in [0, 0.05) is 19.5 Å². The van der Waals surface area contributed by atoms with E-state index in [0.29, 0.717) is 25.3 Å². The Hall–Kier alpha value is -1.38. The number of likely N-dealkylation sites (tertiary alicyclic amines) is 1. The molecule has 8 heteroatoms. The van der Waals surface area contributed by atoms with Crippen molar-refractivity contribution in [1.82, 2.24) is 10.2 Å². The Morgan fingerprint density at radius 3 is 2.23 bits per heavy atom. The summed E-state index contributed by atoms with van der Waals surface area (Å²) in [5.41, 5.74) is 0. The molecule has 0 saturated carbocycles. The third-order valence-electron chi connectivity index (χ3n) is 5.35. The van der Waals surface area contributed by atoms with Crippen LogP contribution in [0.15, 0.2) is 0 Å². The standard InChI is InChI=1S/C22H42N2O6/c1-18(2)8-4-3-5-9-19(10-11-21(27)29-20(16-25)17-26)30-22(28)23-12-15-24-13-6-7-14-24/h18-20,25-26H,3-17H2,1-2H3,(H,23,28). The van der Waals surface area contributed by atoms with E-state index >= 15 is 0 Å². The summed E-state index contributed by atoms with van der Waals surface area (Å²) in [6.45, 7) is 7.11. The first-order valence-corrected chi connectivity index (χ1v) is 11.5. The highest BCUT2D eigenvalue weighted by Gasteiger charge is 2.19. The first-order chi connectivity index (χ1) is 14.4. The van der Waals surface area contributed by atoms with Crippen LogP contribution in [0.5, 0.6) is 0 Å². The van der Waals surface area contributed by atoms with Crippen LogP contribution in [0.25, 0.3) is 0 Å². The molecular weight excluding hydrogens is 388 g/mol. The molecule has 1 heterocycles. The van der Waals surface area contributed by atoms with E-state index in [1.54, 1.807) is 0 Å². The molecule has 0 spiro atoms. The summed E-state index contributed by atoms with van der Waals surface area (Å²) >= 11 is 0. The van der Waals surface area contributed by atoms with Crippen LogP contribution in [0, 0.1) is 5.92 Å². The van der Waals surface area contributed by atoms with Crippen molar-refractivity contribution in [3.8, 4) is 0 Å². The lowest BCUT2D eigenvalue weighted by atomic mass is 10.0. The van der Waals surface area contributed by atoms with Crippen LogP contribution in [0.1, 0.15) is 71.6 Å². The minimum atomic E-state index is -0.901. The van der Waals surface area contributed by atoms with E-state index in [4.69, 9.17) is 19.7 Å². The van der Waals surface area contributed by atoms with Gasteiger partial charge >= 0.3 is 12.1 Å². The average molecular weight is 431 g/mol. The SMILES string of the molecule is CC(C)CCCCCC(CCC(=O)OC(CO)CO)OC(=O)NCCN1CCCC1. The molecule has 1 rings (SSSR count). The summed E-state index contributed by atoms with van der Waals surface area (Å²) in [5, 5.41) is 20.8. The lowest BCUT2D eigenvalue weighted by Crippen LogP contribution is -2.35. The molecular formula is C22H42N2O6. The van der Waals surface area contributed by atoms with E-state index in [1.165, 1.54) is 19.3 Å². The van der Waals surface area contributed by atoms with Gasteiger partial charge in [-0.3, -0.25) is 4.79 Å². The number of aliphatic hydroxyl groups excluding tert-OH is 2. The number of alkyl carbamates (subject to hydrolysis) is 1. The molecule has 1 atom stereocenters. The highest BCUT2D eigenvalue weighted by molar-refractivity contribution is 5.70. The van der Waals surface area contributed by atoms with Gasteiger partial charge in [0.05, 0.1) is 13.2 Å². The van der Waals surface area contributed by atoms with Crippen LogP contribution in [-0.4, -0.2) is 78.8 Å². The Balaban J connectivity index is 2.37. The average Bonchev–Trinajstić information content (AvgIpc) is 3.23. The van der Waals surface area contributed by atoms with E-state index in [9.17, 15) is 9.59 Å². The number of amides is 1. The van der Waals surface area contributed by atoms with Gasteiger partial charge in [0.2, 0.25) is 0 Å². The van der Waals surface area contributed by atoms with E-state index in [0.717, 1.165) is 38.9 Å². The van der Waals surface area contributed by atoms with Crippen molar-refractivity contribution in [2.24, 2.45) is 5.92 Å². The van der Waals surface area contributed by atoms with Crippen molar-refractivity contribution in [1.29, 1.82) is 0 Å². The van der Waals surface area contributed by atoms with Gasteiger partial charge in [0.25, 0.3) is 0 Å². The molecule has 3 N–H and O–H groups in total. The van der Waals surface area contributed by atoms with Crippen LogP contribution >= 0.6 is 0 Å². The van der Waals surface area contributed by atoms with Gasteiger partial charge in [-0.1, -0.05) is 33.1 Å². The molecule has 1 fully saturated rings. The Morgan fingerprint density at radius 2 is 1.60 bits per heavy atom. The molecule has 1 saturated heterocycles. The number of unbranched alkanes of at least 4 members (excludes halogenated alkanes) is 2. The van der Waals surface area contributed by atoms with Gasteiger partial charge in [0.1, 0.15) is 12.2 Å². The summed E-state index contributed by atoms with van der Waals surface area (Å²) in [6.07, 6.45) is 6.19. The highest BCUT2D eigenvalue weighted by atomic mass is 16.6. The topological polar surface area (TPSA) is 108 Å². The zero-order valence-electron chi connectivity index (χ0n) is 18.8. The van der Waals surface area contributed by atoms with Gasteiger partial charge in [-0.05, 0) is 51.1 Å². The number of hydrogen-bond donors (Lipinski definition) is 3. The van der Waals surface area contributed by atoms with Crippen molar-refractivity contribution in [3.05, 3.63) is 0 Å². The highest BCUT2D eigenvalue weighted by Crippen LogP contribution is 2.16. The zero-order chi connectivity index (χ0) is 22.2. The fraction of sp³-hybridized carbons (Fsp3) is 0.909. The van der Waals surface area contributed by atoms with Crippen molar-refractivity contribution in [3.63, 3.8) is 0 Å². The van der Waals surface area contributed by atoms with E-state index in [-0.39, 0.29) is 12.5 Å². The number of ether oxygens (including phenoxy) is 2. The smallest absolute Gasteiger partial charge is 0.407 e. The van der Waals surface area contributed by atoms with Crippen LogP contribution in [0.4, 0.5) is 4.79 Å². The molecule has 1 aliphatic heterocycles. The maximum atomic E-state index is 12.2. The molecule has 1 unspecified atom stereocenters. The Labute approximate surface area is 181 Å². The summed E-state index contributed by atoms with van der Waals surface area (Å²) < 4.78 is 10.6. The largest absolute Gasteiger partial charge is 0.457 e. The zero-order valence-corrected chi connectivity index (χ0v) is 18.8. The predicted octanol–water partition coefficient (Wildman–Crippen LogP) is 2.46. The summed E-state index contributed by atoms with van der Waals surface area (Å²) in [4.78, 5) is 26.4. The molecule has 0 aromatic rings. The third kappa shape index (κ3) is 13.0. The maximum absolute atomic E-state index is 12.2. The number of nitrogens with one attached hydrogen (secondary N) is 1. The van der Waals surface area contributed by atoms with E-state index in [1.807, 2.05) is 0 Å². The van der Waals surface area contributed by atoms with E-state index < -0.39 is 31.4 Å². The molecule has 8 nitrogen and oxygen atoms in total. The number of hydrogen-bond acceptors (Lipinski definition) is 7. The first kappa shape index (κ1) is 26.7. The maximum Gasteiger partial charge on any atom is 0.407 e. The van der Waals surface area contributed by atoms with Gasteiger partial charge < -0.3 is 29.9 Å². The molecule has 30 heavy (non-hydrogen) atoms. The molecule has 0 aliphatic carbocycles. The van der Waals surface area contributed by atoms with Crippen molar-refractivity contribution < 1.29 is 29.3 Å². The number of rotatable bonds is 16. The summed E-state index contributed by atoms with van der Waals surface area (Å²) in [6, 6.07) is 0. The number of esters is 1. The number of aliphatic hydroxyl groups is 2. The lowest BCUT2D eigenvalue weighted by Gasteiger charge is -2.20. The van der Waals surface area contributed by atoms with Crippen LogP contribution in [0.3, 0.4) is 0 Å². The van der Waals surface area contributed by atoms with Gasteiger partial charge in [-0.15, -0.1) is 0 Å². The Kier molecular flexibility index (Phi) is 14.5. The van der Waals surface area contributed by atoms with Crippen molar-refractivity contribution in [2.75, 3.05) is 39.4 Å². The fourth-order valence-corrected chi connectivity index (χ4v) is 3.53. The summed E-state index contributed by atoms with van der Waals surface area (Å²) in [5.74, 6) is 0.171. The minimum absolute atomic E-state index is 0.0776. The molecule has 0 radical (unpaired) electrons. The minimum Gasteiger partial charge on any atom is -0.457 e. The molecule has 0 aromatic heterocycles. The second-order valence-corrected chi connectivity index (χ2v) is 8.55. The van der Waals surface area contributed by atoms with Crippen LogP contribution in [0.2, 0.25) is 0 Å². The van der Waals surface area contributed by atoms with Gasteiger partial charge in [-0.25, -0.2) is 4.79 Å². The molecule has 0 aromatic carbocycles. The monoisotopic (exact) mass is 430 g/mol. The lowest BCUT2D eigenvalue weighted by molar-refractivity contribution is -0.154. The second-order valence-electron chi connectivity index (χ2n) is 8.55. The number of nitrogens with zero attached hydrogens (tertiary/aromatic N) is 1. The van der Waals surface area contributed by atoms with Crippen molar-refractivity contribution >= 4 is 12.1 Å². The third-order valence-corrected chi connectivity index (χ3v) is 5.35. The molecule has 0 bridgehead atoms. The number of carbonyl (C=O) groups is 2. The van der Waals surface area contributed by atoms with E-state index in [2.05, 4.69) is 24.1 Å². The molecule has 1 aliphatic rings. The van der Waals surface area contributed by atoms with Gasteiger partial charge in [-0.2, -0.15) is 0 Å². The van der Waals surface area contributed by atoms with Crippen LogP contribution < -0.4 is 5.32 Å². The normalized spacial score (nSPS) is 15.5. The van der Waals surface area contributed by atoms with Crippen molar-refractivity contribution in [2.45, 2.75) is 83.8 Å².